The lowest BCUT2D eigenvalue weighted by Gasteiger charge is -2.25. The molecule has 0 saturated carbocycles. The third-order valence-corrected chi connectivity index (χ3v) is 4.48. The molecule has 3 heterocycles. The molecule has 6 nitrogen and oxygen atoms in total. The lowest BCUT2D eigenvalue weighted by atomic mass is 9.95. The molecule has 1 saturated heterocycles. The van der Waals surface area contributed by atoms with Gasteiger partial charge in [0.1, 0.15) is 5.69 Å². The predicted octanol–water partition coefficient (Wildman–Crippen LogP) is 2.31. The normalized spacial score (nSPS) is 18.2. The van der Waals surface area contributed by atoms with Crippen molar-refractivity contribution in [3.05, 3.63) is 30.6 Å². The molecule has 128 valence electrons. The monoisotopic (exact) mass is 327 g/mol. The second-order valence-electron chi connectivity index (χ2n) is 7.65. The van der Waals surface area contributed by atoms with E-state index in [2.05, 4.69) is 9.97 Å². The van der Waals surface area contributed by atoms with Crippen LogP contribution in [0.2, 0.25) is 0 Å². The summed E-state index contributed by atoms with van der Waals surface area (Å²) >= 11 is 0. The Morgan fingerprint density at radius 3 is 2.71 bits per heavy atom. The summed E-state index contributed by atoms with van der Waals surface area (Å²) in [5.74, 6) is 0.687. The number of hydrogen-bond acceptors (Lipinski definition) is 4. The van der Waals surface area contributed by atoms with Gasteiger partial charge in [-0.05, 0) is 18.8 Å². The molecule has 2 aromatic rings. The molecule has 1 aliphatic rings. The van der Waals surface area contributed by atoms with E-state index in [-0.39, 0.29) is 11.3 Å². The van der Waals surface area contributed by atoms with Crippen LogP contribution in [0.1, 0.15) is 32.9 Å². The van der Waals surface area contributed by atoms with Gasteiger partial charge < -0.3 is 9.47 Å². The number of carbonyl (C=O) groups excluding carboxylic acids is 1. The topological polar surface area (TPSA) is 63.9 Å². The summed E-state index contributed by atoms with van der Waals surface area (Å²) in [7, 11) is 1.95. The number of aromatic nitrogens is 4. The van der Waals surface area contributed by atoms with Crippen LogP contribution in [0.5, 0.6) is 0 Å². The highest BCUT2D eigenvalue weighted by molar-refractivity contribution is 5.81. The van der Waals surface area contributed by atoms with E-state index in [1.54, 1.807) is 18.7 Å². The van der Waals surface area contributed by atoms with Gasteiger partial charge in [0.25, 0.3) is 0 Å². The average molecular weight is 327 g/mol. The maximum absolute atomic E-state index is 12.4. The fourth-order valence-electron chi connectivity index (χ4n) is 3.19. The van der Waals surface area contributed by atoms with Crippen LogP contribution in [0.25, 0.3) is 11.4 Å². The minimum absolute atomic E-state index is 0.236. The van der Waals surface area contributed by atoms with E-state index in [1.807, 2.05) is 43.5 Å². The molecule has 1 amide bonds. The van der Waals surface area contributed by atoms with E-state index in [0.717, 1.165) is 43.0 Å². The third kappa shape index (κ3) is 3.47. The van der Waals surface area contributed by atoms with Crippen molar-refractivity contribution in [2.24, 2.45) is 18.4 Å². The van der Waals surface area contributed by atoms with Crippen LogP contribution >= 0.6 is 0 Å². The largest absolute Gasteiger partial charge is 0.342 e. The van der Waals surface area contributed by atoms with Gasteiger partial charge in [-0.1, -0.05) is 20.8 Å². The van der Waals surface area contributed by atoms with Crippen LogP contribution in [-0.2, 0) is 18.3 Å². The Morgan fingerprint density at radius 1 is 1.25 bits per heavy atom. The molecule has 0 N–H and O–H groups in total. The number of likely N-dealkylation sites (tertiary alicyclic amines) is 1. The number of nitrogens with zero attached hydrogens (tertiary/aromatic N) is 5. The van der Waals surface area contributed by atoms with Crippen LogP contribution < -0.4 is 0 Å². The minimum Gasteiger partial charge on any atom is -0.342 e. The smallest absolute Gasteiger partial charge is 0.227 e. The van der Waals surface area contributed by atoms with E-state index in [1.165, 1.54) is 0 Å². The molecule has 1 aliphatic heterocycles. The second-order valence-corrected chi connectivity index (χ2v) is 7.65. The molecule has 0 bridgehead atoms. The van der Waals surface area contributed by atoms with Gasteiger partial charge in [0.05, 0.1) is 30.1 Å². The van der Waals surface area contributed by atoms with Gasteiger partial charge in [-0.2, -0.15) is 0 Å². The maximum atomic E-state index is 12.4. The SMILES string of the molecule is Cn1cncc1-c1cncc(C[C@H]2CCN(C(=O)C(C)(C)C)C2)n1. The Morgan fingerprint density at radius 2 is 2.04 bits per heavy atom. The molecule has 1 fully saturated rings. The van der Waals surface area contributed by atoms with Gasteiger partial charge in [0.2, 0.25) is 5.91 Å². The number of amides is 1. The Kier molecular flexibility index (Phi) is 4.39. The maximum Gasteiger partial charge on any atom is 0.227 e. The van der Waals surface area contributed by atoms with E-state index >= 15 is 0 Å². The van der Waals surface area contributed by atoms with Crippen LogP contribution in [0, 0.1) is 11.3 Å². The summed E-state index contributed by atoms with van der Waals surface area (Å²) in [4.78, 5) is 27.6. The number of imidazole rings is 1. The Labute approximate surface area is 142 Å². The molecule has 6 heteroatoms. The van der Waals surface area contributed by atoms with Gasteiger partial charge in [-0.25, -0.2) is 9.97 Å². The summed E-state index contributed by atoms with van der Waals surface area (Å²) in [5, 5.41) is 0. The summed E-state index contributed by atoms with van der Waals surface area (Å²) < 4.78 is 1.94. The summed E-state index contributed by atoms with van der Waals surface area (Å²) in [5.41, 5.74) is 2.46. The molecule has 0 radical (unpaired) electrons. The molecule has 0 aliphatic carbocycles. The first-order valence-corrected chi connectivity index (χ1v) is 8.41. The number of rotatable bonds is 3. The highest BCUT2D eigenvalue weighted by Crippen LogP contribution is 2.26. The summed E-state index contributed by atoms with van der Waals surface area (Å²) in [6.45, 7) is 7.59. The lowest BCUT2D eigenvalue weighted by Crippen LogP contribution is -2.38. The van der Waals surface area contributed by atoms with Crippen LogP contribution in [-0.4, -0.2) is 43.4 Å². The van der Waals surface area contributed by atoms with E-state index in [4.69, 9.17) is 4.98 Å². The van der Waals surface area contributed by atoms with Crippen LogP contribution in [0.3, 0.4) is 0 Å². The highest BCUT2D eigenvalue weighted by Gasteiger charge is 2.32. The molecule has 1 atom stereocenters. The zero-order chi connectivity index (χ0) is 17.3. The summed E-state index contributed by atoms with van der Waals surface area (Å²) in [6.07, 6.45) is 9.04. The quantitative estimate of drug-likeness (QED) is 0.868. The zero-order valence-electron chi connectivity index (χ0n) is 14.9. The number of carbonyl (C=O) groups is 1. The van der Waals surface area contributed by atoms with Crippen molar-refractivity contribution in [2.45, 2.75) is 33.6 Å². The summed E-state index contributed by atoms with van der Waals surface area (Å²) in [6, 6.07) is 0. The van der Waals surface area contributed by atoms with Crippen molar-refractivity contribution in [2.75, 3.05) is 13.1 Å². The Bertz CT molecular complexity index is 731. The molecule has 3 rings (SSSR count). The predicted molar refractivity (Wildman–Crippen MR) is 92.1 cm³/mol. The molecule has 0 aromatic carbocycles. The fourth-order valence-corrected chi connectivity index (χ4v) is 3.19. The Balaban J connectivity index is 1.68. The van der Waals surface area contributed by atoms with Crippen LogP contribution in [0.15, 0.2) is 24.9 Å². The lowest BCUT2D eigenvalue weighted by molar-refractivity contribution is -0.138. The molecular formula is C18H25N5O. The van der Waals surface area contributed by atoms with Gasteiger partial charge >= 0.3 is 0 Å². The van der Waals surface area contributed by atoms with E-state index < -0.39 is 0 Å². The average Bonchev–Trinajstić information content (AvgIpc) is 3.15. The van der Waals surface area contributed by atoms with Gasteiger partial charge in [0.15, 0.2) is 0 Å². The first kappa shape index (κ1) is 16.6. The van der Waals surface area contributed by atoms with Crippen molar-refractivity contribution >= 4 is 5.91 Å². The van der Waals surface area contributed by atoms with E-state index in [0.29, 0.717) is 5.92 Å². The first-order chi connectivity index (χ1) is 11.3. The van der Waals surface area contributed by atoms with Crippen molar-refractivity contribution in [3.8, 4) is 11.4 Å². The number of hydrogen-bond donors (Lipinski definition) is 0. The van der Waals surface area contributed by atoms with Crippen LogP contribution in [0.4, 0.5) is 0 Å². The second kappa shape index (κ2) is 6.34. The van der Waals surface area contributed by atoms with E-state index in [9.17, 15) is 4.79 Å². The highest BCUT2D eigenvalue weighted by atomic mass is 16.2. The zero-order valence-corrected chi connectivity index (χ0v) is 14.9. The molecular weight excluding hydrogens is 302 g/mol. The van der Waals surface area contributed by atoms with Crippen molar-refractivity contribution < 1.29 is 4.79 Å². The third-order valence-electron chi connectivity index (χ3n) is 4.48. The molecule has 0 unspecified atom stereocenters. The van der Waals surface area contributed by atoms with Crippen molar-refractivity contribution in [3.63, 3.8) is 0 Å². The molecule has 24 heavy (non-hydrogen) atoms. The van der Waals surface area contributed by atoms with Crippen molar-refractivity contribution in [1.29, 1.82) is 0 Å². The standard InChI is InChI=1S/C18H25N5O/c1-18(2,3)17(24)23-6-5-13(11-23)7-14-8-19-9-15(21-14)16-10-20-12-22(16)4/h8-10,12-13H,5-7,11H2,1-4H3/t13-/m1/s1. The molecule has 2 aromatic heterocycles. The molecule has 0 spiro atoms. The van der Waals surface area contributed by atoms with Gasteiger partial charge in [0, 0.05) is 31.7 Å². The Hall–Kier alpha value is -2.24. The van der Waals surface area contributed by atoms with Gasteiger partial charge in [-0.15, -0.1) is 0 Å². The first-order valence-electron chi connectivity index (χ1n) is 8.41. The van der Waals surface area contributed by atoms with Gasteiger partial charge in [-0.3, -0.25) is 9.78 Å². The fraction of sp³-hybridized carbons (Fsp3) is 0.556. The number of aryl methyl sites for hydroxylation is 1. The minimum atomic E-state index is -0.311. The van der Waals surface area contributed by atoms with Crippen molar-refractivity contribution in [1.82, 2.24) is 24.4 Å².